The fraction of sp³-hybridized carbons (Fsp3) is 0.444. The molecule has 1 aromatic rings. The van der Waals surface area contributed by atoms with Gasteiger partial charge in [-0.1, -0.05) is 25.0 Å². The first kappa shape index (κ1) is 18.4. The maximum absolute atomic E-state index is 12.6. The van der Waals surface area contributed by atoms with E-state index in [4.69, 9.17) is 5.73 Å². The monoisotopic (exact) mass is 375 g/mol. The molecule has 1 aliphatic heterocycles. The Hall–Kier alpha value is -2.35. The summed E-state index contributed by atoms with van der Waals surface area (Å²) < 4.78 is 0. The van der Waals surface area contributed by atoms with Crippen LogP contribution in [-0.4, -0.2) is 40.8 Å². The Morgan fingerprint density at radius 1 is 1.19 bits per heavy atom. The number of rotatable bonds is 6. The predicted molar refractivity (Wildman–Crippen MR) is 97.2 cm³/mol. The number of nitrogens with zero attached hydrogens (tertiary/aromatic N) is 1. The maximum atomic E-state index is 12.6. The molecular weight excluding hydrogens is 354 g/mol. The first-order valence-electron chi connectivity index (χ1n) is 8.56. The highest BCUT2D eigenvalue weighted by molar-refractivity contribution is 8.00. The molecule has 2 fully saturated rings. The van der Waals surface area contributed by atoms with Gasteiger partial charge < -0.3 is 11.1 Å². The highest BCUT2D eigenvalue weighted by Gasteiger charge is 2.52. The van der Waals surface area contributed by atoms with Gasteiger partial charge in [0.2, 0.25) is 23.6 Å². The number of likely N-dealkylation sites (tertiary alicyclic amines) is 1. The summed E-state index contributed by atoms with van der Waals surface area (Å²) >= 11 is 1.22. The van der Waals surface area contributed by atoms with E-state index in [0.717, 1.165) is 30.6 Å². The number of nitrogens with two attached hydrogens (primary N) is 1. The van der Waals surface area contributed by atoms with Gasteiger partial charge >= 0.3 is 0 Å². The fourth-order valence-electron chi connectivity index (χ4n) is 3.64. The average Bonchev–Trinajstić information content (AvgIpc) is 3.15. The van der Waals surface area contributed by atoms with Crippen LogP contribution in [0.1, 0.15) is 32.1 Å². The molecule has 1 saturated carbocycles. The van der Waals surface area contributed by atoms with Crippen molar-refractivity contribution >= 4 is 41.1 Å². The van der Waals surface area contributed by atoms with Gasteiger partial charge in [0.05, 0.1) is 16.9 Å². The van der Waals surface area contributed by atoms with Crippen LogP contribution in [0.4, 0.5) is 5.69 Å². The Morgan fingerprint density at radius 3 is 2.58 bits per heavy atom. The molecule has 0 atom stereocenters. The van der Waals surface area contributed by atoms with Crippen LogP contribution in [0.5, 0.6) is 0 Å². The van der Waals surface area contributed by atoms with E-state index in [1.165, 1.54) is 11.8 Å². The zero-order valence-electron chi connectivity index (χ0n) is 14.3. The molecular formula is C18H21N3O4S. The molecule has 0 bridgehead atoms. The minimum Gasteiger partial charge on any atom is -0.369 e. The normalized spacial score (nSPS) is 18.5. The Labute approximate surface area is 155 Å². The molecule has 8 heteroatoms. The Bertz CT molecular complexity index is 759. The molecule has 3 N–H and O–H groups in total. The minimum absolute atomic E-state index is 0.0957. The molecule has 4 amide bonds. The second-order valence-electron chi connectivity index (χ2n) is 6.75. The third-order valence-electron chi connectivity index (χ3n) is 4.88. The van der Waals surface area contributed by atoms with E-state index in [9.17, 15) is 19.2 Å². The summed E-state index contributed by atoms with van der Waals surface area (Å²) in [6.07, 6.45) is 3.56. The Balaban J connectivity index is 1.65. The molecule has 1 aromatic carbocycles. The number of benzene rings is 1. The van der Waals surface area contributed by atoms with Gasteiger partial charge in [-0.05, 0) is 25.0 Å². The lowest BCUT2D eigenvalue weighted by molar-refractivity contribution is -0.143. The zero-order chi connectivity index (χ0) is 18.7. The lowest BCUT2D eigenvalue weighted by atomic mass is 9.84. The van der Waals surface area contributed by atoms with E-state index in [0.29, 0.717) is 10.6 Å². The molecule has 0 radical (unpaired) electrons. The molecule has 0 unspecified atom stereocenters. The van der Waals surface area contributed by atoms with Crippen molar-refractivity contribution in [2.24, 2.45) is 11.1 Å². The van der Waals surface area contributed by atoms with Crippen LogP contribution in [0.3, 0.4) is 0 Å². The molecule has 3 rings (SSSR count). The van der Waals surface area contributed by atoms with Gasteiger partial charge in [0.1, 0.15) is 6.54 Å². The number of primary amides is 1. The molecule has 1 saturated heterocycles. The van der Waals surface area contributed by atoms with E-state index < -0.39 is 17.2 Å². The zero-order valence-corrected chi connectivity index (χ0v) is 15.1. The topological polar surface area (TPSA) is 110 Å². The summed E-state index contributed by atoms with van der Waals surface area (Å²) in [5, 5.41) is 2.72. The van der Waals surface area contributed by atoms with Gasteiger partial charge in [-0.2, -0.15) is 0 Å². The standard InChI is InChI=1S/C18H21N3O4S/c19-14(22)11-26-13-6-2-1-5-12(13)20-15(23)10-21-16(24)9-18(17(21)25)7-3-4-8-18/h1-2,5-6H,3-4,7-11H2,(H2,19,22)(H,20,23). The number of anilines is 1. The number of amides is 4. The van der Waals surface area contributed by atoms with Crippen LogP contribution in [0.25, 0.3) is 0 Å². The minimum atomic E-state index is -0.577. The molecule has 1 spiro atoms. The number of hydrogen-bond acceptors (Lipinski definition) is 5. The van der Waals surface area contributed by atoms with Crippen LogP contribution in [-0.2, 0) is 19.2 Å². The van der Waals surface area contributed by atoms with Crippen LogP contribution in [0, 0.1) is 5.41 Å². The van der Waals surface area contributed by atoms with E-state index in [1.54, 1.807) is 24.3 Å². The van der Waals surface area contributed by atoms with Gasteiger partial charge in [-0.3, -0.25) is 24.1 Å². The van der Waals surface area contributed by atoms with Crippen molar-refractivity contribution in [2.45, 2.75) is 37.0 Å². The highest BCUT2D eigenvalue weighted by Crippen LogP contribution is 2.46. The quantitative estimate of drug-likeness (QED) is 0.579. The van der Waals surface area contributed by atoms with Crippen molar-refractivity contribution in [1.29, 1.82) is 0 Å². The Morgan fingerprint density at radius 2 is 1.88 bits per heavy atom. The van der Waals surface area contributed by atoms with Crippen molar-refractivity contribution in [3.8, 4) is 0 Å². The summed E-state index contributed by atoms with van der Waals surface area (Å²) in [7, 11) is 0. The number of carbonyl (C=O) groups is 4. The first-order chi connectivity index (χ1) is 12.4. The average molecular weight is 375 g/mol. The van der Waals surface area contributed by atoms with Gasteiger partial charge in [0, 0.05) is 11.3 Å². The van der Waals surface area contributed by atoms with Crippen LogP contribution < -0.4 is 11.1 Å². The molecule has 0 aromatic heterocycles. The van der Waals surface area contributed by atoms with E-state index in [-0.39, 0.29) is 30.5 Å². The number of nitrogens with one attached hydrogen (secondary N) is 1. The summed E-state index contributed by atoms with van der Waals surface area (Å²) in [5.41, 5.74) is 5.11. The molecule has 2 aliphatic rings. The number of imide groups is 1. The first-order valence-corrected chi connectivity index (χ1v) is 9.55. The van der Waals surface area contributed by atoms with Crippen molar-refractivity contribution in [1.82, 2.24) is 4.90 Å². The summed E-state index contributed by atoms with van der Waals surface area (Å²) in [4.78, 5) is 50.0. The summed E-state index contributed by atoms with van der Waals surface area (Å²) in [5.74, 6) is -1.28. The third kappa shape index (κ3) is 3.75. The molecule has 1 aliphatic carbocycles. The molecule has 26 heavy (non-hydrogen) atoms. The van der Waals surface area contributed by atoms with Crippen LogP contribution in [0.2, 0.25) is 0 Å². The van der Waals surface area contributed by atoms with Crippen molar-refractivity contribution in [2.75, 3.05) is 17.6 Å². The predicted octanol–water partition coefficient (Wildman–Crippen LogP) is 1.52. The number of para-hydroxylation sites is 1. The van der Waals surface area contributed by atoms with Crippen LogP contribution in [0.15, 0.2) is 29.2 Å². The Kier molecular flexibility index (Phi) is 5.31. The largest absolute Gasteiger partial charge is 0.369 e. The van der Waals surface area contributed by atoms with Gasteiger partial charge in [0.15, 0.2) is 0 Å². The molecule has 138 valence electrons. The highest BCUT2D eigenvalue weighted by atomic mass is 32.2. The van der Waals surface area contributed by atoms with E-state index >= 15 is 0 Å². The van der Waals surface area contributed by atoms with Crippen LogP contribution >= 0.6 is 11.8 Å². The summed E-state index contributed by atoms with van der Waals surface area (Å²) in [6.45, 7) is -0.283. The second kappa shape index (κ2) is 7.49. The van der Waals surface area contributed by atoms with Crippen molar-refractivity contribution in [3.05, 3.63) is 24.3 Å². The molecule has 7 nitrogen and oxygen atoms in total. The number of hydrogen-bond donors (Lipinski definition) is 2. The van der Waals surface area contributed by atoms with Gasteiger partial charge in [0.25, 0.3) is 0 Å². The third-order valence-corrected chi connectivity index (χ3v) is 5.98. The fourth-order valence-corrected chi connectivity index (χ4v) is 4.39. The van der Waals surface area contributed by atoms with Crippen molar-refractivity contribution in [3.63, 3.8) is 0 Å². The lowest BCUT2D eigenvalue weighted by Crippen LogP contribution is -2.39. The number of thioether (sulfide) groups is 1. The number of carbonyl (C=O) groups excluding carboxylic acids is 4. The maximum Gasteiger partial charge on any atom is 0.244 e. The smallest absolute Gasteiger partial charge is 0.244 e. The SMILES string of the molecule is NC(=O)CSc1ccccc1NC(=O)CN1C(=O)CC2(CCCC2)C1=O. The lowest BCUT2D eigenvalue weighted by Gasteiger charge is -2.20. The second-order valence-corrected chi connectivity index (χ2v) is 7.77. The van der Waals surface area contributed by atoms with E-state index in [1.807, 2.05) is 0 Å². The summed E-state index contributed by atoms with van der Waals surface area (Å²) in [6, 6.07) is 7.01. The molecule has 1 heterocycles. The van der Waals surface area contributed by atoms with Gasteiger partial charge in [-0.25, -0.2) is 0 Å². The van der Waals surface area contributed by atoms with Gasteiger partial charge in [-0.15, -0.1) is 11.8 Å². The van der Waals surface area contributed by atoms with Crippen molar-refractivity contribution < 1.29 is 19.2 Å². The van der Waals surface area contributed by atoms with E-state index in [2.05, 4.69) is 5.32 Å².